The van der Waals surface area contributed by atoms with Gasteiger partial charge in [0, 0.05) is 251 Å². The Labute approximate surface area is 758 Å². The normalized spacial score (nSPS) is 11.9. The van der Waals surface area contributed by atoms with E-state index in [1.54, 1.807) is 106 Å². The number of aryl methyl sites for hydroxylation is 3. The molecule has 17 aromatic rings. The summed E-state index contributed by atoms with van der Waals surface area (Å²) in [4.78, 5) is 56.4. The summed E-state index contributed by atoms with van der Waals surface area (Å²) in [6.45, 7) is 13.2. The van der Waals surface area contributed by atoms with Crippen molar-refractivity contribution in [2.24, 2.45) is 32.6 Å². The zero-order chi connectivity index (χ0) is 91.4. The fraction of sp³-hybridized carbons (Fsp3) is 0.268. The number of hydrogen-bond acceptors (Lipinski definition) is 28. The monoisotopic (exact) mass is 1770 g/mol. The molecule has 0 amide bonds. The Morgan fingerprint density at radius 3 is 1.07 bits per heavy atom. The van der Waals surface area contributed by atoms with Crippen molar-refractivity contribution in [2.75, 3.05) is 135 Å². The summed E-state index contributed by atoms with van der Waals surface area (Å²) < 4.78 is 59.5. The third-order valence-corrected chi connectivity index (χ3v) is 22.0. The molecular formula is C97H107FN26O7. The largest absolute Gasteiger partial charge is 0.497 e. The second kappa shape index (κ2) is 42.6. The highest BCUT2D eigenvalue weighted by Crippen LogP contribution is 2.40. The molecule has 1 aliphatic heterocycles. The number of nitrogens with one attached hydrogen (secondary N) is 2. The number of fused-ring (bicyclic) bond motifs is 4. The summed E-state index contributed by atoms with van der Waals surface area (Å²) in [6.07, 6.45) is 27.4. The SMILES string of the molecule is COc1cc(F)cc(N(CCN)c2ccc3ncc(-c4cnn(C)c4)nc3c2)c1.COc1cc(OC)cc(N(CCCN)c2ccc3ncc(-c4cnn(C(C)C)c4)nc3c2)c1.COc1cc(OC)cc(N(CCCN2CCNCC2)c2ccc3ncc(-c4cnn(C)c4)nc3c2)c1.COc1cc(OC)cc(N(Cc2ncc[nH]2)c2ccc3ncc(-c4cnn(C)c4)nc3c2)c1. The number of anilines is 8. The molecule has 0 bridgehead atoms. The van der Waals surface area contributed by atoms with E-state index in [2.05, 4.69) is 125 Å². The first-order valence-corrected chi connectivity index (χ1v) is 42.9. The van der Waals surface area contributed by atoms with Gasteiger partial charge in [-0.3, -0.25) is 38.7 Å². The van der Waals surface area contributed by atoms with Gasteiger partial charge in [-0.15, -0.1) is 0 Å². The van der Waals surface area contributed by atoms with E-state index in [1.165, 1.54) is 19.2 Å². The molecule has 0 saturated carbocycles. The number of hydrogen-bond donors (Lipinski definition) is 4. The van der Waals surface area contributed by atoms with Gasteiger partial charge in [0.2, 0.25) is 0 Å². The molecule has 6 N–H and O–H groups in total. The molecule has 1 aliphatic rings. The van der Waals surface area contributed by atoms with Crippen molar-refractivity contribution in [3.63, 3.8) is 0 Å². The Balaban J connectivity index is 0.000000134. The number of nitrogens with zero attached hydrogens (tertiary/aromatic N) is 22. The third-order valence-electron chi connectivity index (χ3n) is 22.0. The Kier molecular flexibility index (Phi) is 29.4. The van der Waals surface area contributed by atoms with Crippen molar-refractivity contribution in [2.45, 2.75) is 39.3 Å². The quantitative estimate of drug-likeness (QED) is 0.0313. The minimum absolute atomic E-state index is 0.287. The van der Waals surface area contributed by atoms with E-state index in [0.717, 1.165) is 216 Å². The molecule has 1 saturated heterocycles. The van der Waals surface area contributed by atoms with Gasteiger partial charge >= 0.3 is 0 Å². The average Bonchev–Trinajstić information content (AvgIpc) is 1.14. The number of H-pyrrole nitrogens is 1. The van der Waals surface area contributed by atoms with Crippen molar-refractivity contribution < 1.29 is 37.5 Å². The Morgan fingerprint density at radius 2 is 0.725 bits per heavy atom. The Morgan fingerprint density at radius 1 is 0.374 bits per heavy atom. The van der Waals surface area contributed by atoms with Crippen molar-refractivity contribution in [3.8, 4) is 85.3 Å². The van der Waals surface area contributed by atoms with E-state index in [4.69, 9.17) is 64.6 Å². The highest BCUT2D eigenvalue weighted by Gasteiger charge is 2.23. The van der Waals surface area contributed by atoms with Crippen LogP contribution in [0.1, 0.15) is 38.6 Å². The molecule has 8 aromatic carbocycles. The third kappa shape index (κ3) is 22.5. The number of nitrogens with two attached hydrogens (primary N) is 2. The van der Waals surface area contributed by atoms with Crippen molar-refractivity contribution in [1.29, 1.82) is 0 Å². The smallest absolute Gasteiger partial charge is 0.128 e. The van der Waals surface area contributed by atoms with Gasteiger partial charge in [-0.05, 0) is 119 Å². The van der Waals surface area contributed by atoms with Gasteiger partial charge in [-0.2, -0.15) is 20.4 Å². The van der Waals surface area contributed by atoms with Crippen LogP contribution in [-0.2, 0) is 27.7 Å². The number of rotatable bonds is 31. The van der Waals surface area contributed by atoms with E-state index < -0.39 is 0 Å². The van der Waals surface area contributed by atoms with Crippen molar-refractivity contribution in [1.82, 2.24) is 99.2 Å². The van der Waals surface area contributed by atoms with Crippen LogP contribution in [0.4, 0.5) is 49.9 Å². The number of aromatic nitrogens is 18. The first-order valence-electron chi connectivity index (χ1n) is 42.9. The van der Waals surface area contributed by atoms with E-state index in [9.17, 15) is 4.39 Å². The van der Waals surface area contributed by atoms with Crippen LogP contribution in [0.3, 0.4) is 0 Å². The van der Waals surface area contributed by atoms with Crippen LogP contribution in [0.5, 0.6) is 40.2 Å². The van der Waals surface area contributed by atoms with Gasteiger partial charge in [0.1, 0.15) is 51.9 Å². The van der Waals surface area contributed by atoms with E-state index in [-0.39, 0.29) is 11.9 Å². The van der Waals surface area contributed by atoms with Crippen molar-refractivity contribution >= 4 is 89.6 Å². The standard InChI is InChI=1S/C27H33N7O2.C25H30N6O2.C24H23N7O2.C21H21FN6O/c1-32-19-20(17-30-32)27-18-29-25-6-5-21(15-26(25)31-27)34(10-4-9-33-11-7-28-8-12-33)22-13-23(35-2)16-24(14-22)36-3;1-17(2)31-16-18(14-28-31)25-15-27-23-7-6-19(12-24(23)29-25)30(9-5-8-26)20-10-21(32-3)13-22(11-20)33-4;1-30-14-16(12-28-30)23-13-27-21-5-4-17(10-22(21)29-23)31(15-24-25-6-7-26-24)18-8-19(32-2)11-20(9-18)33-3;1-27-13-14(11-25-27)21-12-24-19-4-3-16(10-20(19)26-21)28(6-5-23)17-7-15(22)8-18(9-17)29-2/h5-6,13-19,28H,4,7-12H2,1-3H3;6-7,10-17H,5,8-9,26H2,1-4H3;4-14H,15H2,1-3H3,(H,25,26);3-4,7-13H,5-6,23H2,1-2H3. The zero-order valence-corrected chi connectivity index (χ0v) is 75.4. The molecule has 131 heavy (non-hydrogen) atoms. The number of benzene rings is 8. The highest BCUT2D eigenvalue weighted by molar-refractivity contribution is 5.87. The molecular weight excluding hydrogens is 1660 g/mol. The molecule has 0 radical (unpaired) electrons. The first kappa shape index (κ1) is 90.5. The van der Waals surface area contributed by atoms with Gasteiger partial charge in [0.15, 0.2) is 0 Å². The lowest BCUT2D eigenvalue weighted by atomic mass is 10.1. The van der Waals surface area contributed by atoms with E-state index >= 15 is 0 Å². The average molecular weight is 1770 g/mol. The first-order chi connectivity index (χ1) is 63.8. The van der Waals surface area contributed by atoms with Crippen LogP contribution < -0.4 is 69.5 Å². The lowest BCUT2D eigenvalue weighted by Gasteiger charge is -2.30. The Bertz CT molecular complexity index is 6630. The van der Waals surface area contributed by atoms with Gasteiger partial charge in [-0.1, -0.05) is 0 Å². The van der Waals surface area contributed by atoms with Crippen molar-refractivity contribution in [3.05, 3.63) is 244 Å². The van der Waals surface area contributed by atoms with Crippen LogP contribution >= 0.6 is 0 Å². The lowest BCUT2D eigenvalue weighted by Crippen LogP contribution is -2.44. The fourth-order valence-corrected chi connectivity index (χ4v) is 15.2. The minimum Gasteiger partial charge on any atom is -0.497 e. The molecule has 0 unspecified atom stereocenters. The molecule has 674 valence electrons. The molecule has 10 heterocycles. The zero-order valence-electron chi connectivity index (χ0n) is 75.4. The molecule has 34 heteroatoms. The van der Waals surface area contributed by atoms with Crippen LogP contribution in [-0.4, -0.2) is 209 Å². The molecule has 18 rings (SSSR count). The van der Waals surface area contributed by atoms with E-state index in [0.29, 0.717) is 49.1 Å². The predicted molar refractivity (Wildman–Crippen MR) is 510 cm³/mol. The van der Waals surface area contributed by atoms with Gasteiger partial charge < -0.3 is 79.4 Å². The predicted octanol–water partition coefficient (Wildman–Crippen LogP) is 15.4. The lowest BCUT2D eigenvalue weighted by molar-refractivity contribution is 0.240. The van der Waals surface area contributed by atoms with Crippen LogP contribution in [0.15, 0.2) is 232 Å². The number of halogens is 1. The van der Waals surface area contributed by atoms with Gasteiger partial charge in [0.25, 0.3) is 0 Å². The summed E-state index contributed by atoms with van der Waals surface area (Å²) in [5.41, 5.74) is 32.3. The van der Waals surface area contributed by atoms with Crippen LogP contribution in [0.25, 0.3) is 89.2 Å². The number of piperazine rings is 1. The number of aromatic amines is 1. The number of imidazole rings is 1. The highest BCUT2D eigenvalue weighted by atomic mass is 19.1. The van der Waals surface area contributed by atoms with Crippen LogP contribution in [0, 0.1) is 5.82 Å². The summed E-state index contributed by atoms with van der Waals surface area (Å²) in [5.74, 6) is 5.28. The summed E-state index contributed by atoms with van der Waals surface area (Å²) in [7, 11) is 17.1. The molecule has 1 fully saturated rings. The summed E-state index contributed by atoms with van der Waals surface area (Å²) >= 11 is 0. The summed E-state index contributed by atoms with van der Waals surface area (Å²) in [5, 5.41) is 20.6. The van der Waals surface area contributed by atoms with E-state index in [1.807, 2.05) is 165 Å². The number of methoxy groups -OCH3 is 7. The molecule has 9 aromatic heterocycles. The maximum absolute atomic E-state index is 14.1. The second-order valence-corrected chi connectivity index (χ2v) is 31.2. The molecule has 0 spiro atoms. The fourth-order valence-electron chi connectivity index (χ4n) is 15.2. The molecule has 0 atom stereocenters. The van der Waals surface area contributed by atoms with Crippen LogP contribution in [0.2, 0.25) is 0 Å². The maximum atomic E-state index is 14.1. The number of ether oxygens (including phenoxy) is 7. The van der Waals surface area contributed by atoms with Gasteiger partial charge in [0.05, 0.1) is 173 Å². The maximum Gasteiger partial charge on any atom is 0.128 e. The second-order valence-electron chi connectivity index (χ2n) is 31.2. The van der Waals surface area contributed by atoms with Gasteiger partial charge in [-0.25, -0.2) is 29.3 Å². The molecule has 33 nitrogen and oxygen atoms in total. The summed E-state index contributed by atoms with van der Waals surface area (Å²) in [6, 6.07) is 46.6. The minimum atomic E-state index is -0.374. The molecule has 0 aliphatic carbocycles. The topological polar surface area (TPSA) is 348 Å². The Hall–Kier alpha value is -15.3.